The second kappa shape index (κ2) is 7.18. The van der Waals surface area contributed by atoms with Crippen LogP contribution in [0.4, 0.5) is 5.82 Å². The number of nitrogens with zero attached hydrogens (tertiary/aromatic N) is 3. The summed E-state index contributed by atoms with van der Waals surface area (Å²) < 4.78 is 0. The molecule has 20 heavy (non-hydrogen) atoms. The van der Waals surface area contributed by atoms with E-state index in [-0.39, 0.29) is 23.8 Å². The van der Waals surface area contributed by atoms with Crippen LogP contribution in [0.25, 0.3) is 0 Å². The molecule has 0 fully saturated rings. The standard InChI is InChI=1S/C14H17N3O3/c1-4-12(19)17(9-10-18)13-11(7-6-8-15-13)14(20)16(3)5-2/h4,6-8,10H,1,5,9H2,2-3H3. The van der Waals surface area contributed by atoms with Crippen molar-refractivity contribution in [2.24, 2.45) is 0 Å². The van der Waals surface area contributed by atoms with Gasteiger partial charge in [-0.2, -0.15) is 0 Å². The van der Waals surface area contributed by atoms with Crippen LogP contribution < -0.4 is 4.90 Å². The number of carbonyl (C=O) groups excluding carboxylic acids is 3. The van der Waals surface area contributed by atoms with Gasteiger partial charge in [0, 0.05) is 19.8 Å². The number of hydrogen-bond acceptors (Lipinski definition) is 4. The van der Waals surface area contributed by atoms with Gasteiger partial charge in [-0.1, -0.05) is 6.58 Å². The van der Waals surface area contributed by atoms with Crippen molar-refractivity contribution in [3.8, 4) is 0 Å². The molecule has 106 valence electrons. The van der Waals surface area contributed by atoms with E-state index in [9.17, 15) is 14.4 Å². The maximum atomic E-state index is 12.2. The lowest BCUT2D eigenvalue weighted by Crippen LogP contribution is -2.35. The molecule has 0 spiro atoms. The van der Waals surface area contributed by atoms with Gasteiger partial charge in [-0.15, -0.1) is 0 Å². The largest absolute Gasteiger partial charge is 0.342 e. The molecular formula is C14H17N3O3. The lowest BCUT2D eigenvalue weighted by molar-refractivity contribution is -0.116. The first-order valence-corrected chi connectivity index (χ1v) is 6.14. The number of rotatable bonds is 6. The van der Waals surface area contributed by atoms with Gasteiger partial charge in [-0.25, -0.2) is 4.98 Å². The molecule has 1 aromatic rings. The number of amides is 2. The second-order valence-electron chi connectivity index (χ2n) is 4.01. The summed E-state index contributed by atoms with van der Waals surface area (Å²) >= 11 is 0. The van der Waals surface area contributed by atoms with Crippen molar-refractivity contribution in [1.29, 1.82) is 0 Å². The number of aromatic nitrogens is 1. The van der Waals surface area contributed by atoms with E-state index in [1.165, 1.54) is 11.1 Å². The molecule has 2 amide bonds. The maximum absolute atomic E-state index is 12.2. The maximum Gasteiger partial charge on any atom is 0.257 e. The Balaban J connectivity index is 3.28. The van der Waals surface area contributed by atoms with Crippen LogP contribution in [0.5, 0.6) is 0 Å². The third-order valence-corrected chi connectivity index (χ3v) is 2.79. The van der Waals surface area contributed by atoms with Crippen molar-refractivity contribution in [3.63, 3.8) is 0 Å². The van der Waals surface area contributed by atoms with E-state index in [2.05, 4.69) is 11.6 Å². The summed E-state index contributed by atoms with van der Waals surface area (Å²) in [6.45, 7) is 5.57. The molecule has 0 atom stereocenters. The Morgan fingerprint density at radius 2 is 2.15 bits per heavy atom. The number of aldehydes is 1. The van der Waals surface area contributed by atoms with E-state index in [0.29, 0.717) is 12.8 Å². The fraction of sp³-hybridized carbons (Fsp3) is 0.286. The number of anilines is 1. The number of hydrogen-bond donors (Lipinski definition) is 0. The van der Waals surface area contributed by atoms with E-state index < -0.39 is 5.91 Å². The van der Waals surface area contributed by atoms with Crippen LogP contribution in [-0.2, 0) is 9.59 Å². The van der Waals surface area contributed by atoms with Gasteiger partial charge in [0.2, 0.25) is 0 Å². The molecule has 1 heterocycles. The van der Waals surface area contributed by atoms with Gasteiger partial charge in [0.25, 0.3) is 11.8 Å². The molecule has 0 aromatic carbocycles. The fourth-order valence-electron chi connectivity index (χ4n) is 1.59. The molecule has 0 aliphatic rings. The molecule has 1 aromatic heterocycles. The Bertz CT molecular complexity index is 528. The highest BCUT2D eigenvalue weighted by Gasteiger charge is 2.22. The van der Waals surface area contributed by atoms with Gasteiger partial charge in [-0.3, -0.25) is 14.5 Å². The minimum atomic E-state index is -0.482. The Morgan fingerprint density at radius 1 is 1.45 bits per heavy atom. The van der Waals surface area contributed by atoms with E-state index in [1.807, 2.05) is 6.92 Å². The molecular weight excluding hydrogens is 258 g/mol. The highest BCUT2D eigenvalue weighted by molar-refractivity contribution is 6.07. The zero-order valence-corrected chi connectivity index (χ0v) is 11.6. The Morgan fingerprint density at radius 3 is 2.70 bits per heavy atom. The highest BCUT2D eigenvalue weighted by atomic mass is 16.2. The lowest BCUT2D eigenvalue weighted by Gasteiger charge is -2.22. The smallest absolute Gasteiger partial charge is 0.257 e. The average Bonchev–Trinajstić information content (AvgIpc) is 2.50. The summed E-state index contributed by atoms with van der Waals surface area (Å²) in [5.74, 6) is -0.581. The van der Waals surface area contributed by atoms with Gasteiger partial charge >= 0.3 is 0 Å². The first-order chi connectivity index (χ1) is 9.56. The number of pyridine rings is 1. The Hall–Kier alpha value is -2.50. The zero-order chi connectivity index (χ0) is 15.1. The summed E-state index contributed by atoms with van der Waals surface area (Å²) in [6.07, 6.45) is 3.12. The molecule has 6 heteroatoms. The predicted octanol–water partition coefficient (Wildman–Crippen LogP) is 0.891. The normalized spacial score (nSPS) is 9.70. The van der Waals surface area contributed by atoms with Gasteiger partial charge in [-0.05, 0) is 25.1 Å². The predicted molar refractivity (Wildman–Crippen MR) is 75.5 cm³/mol. The topological polar surface area (TPSA) is 70.6 Å². The third-order valence-electron chi connectivity index (χ3n) is 2.79. The fourth-order valence-corrected chi connectivity index (χ4v) is 1.59. The summed E-state index contributed by atoms with van der Waals surface area (Å²) in [5.41, 5.74) is 0.272. The van der Waals surface area contributed by atoms with Crippen molar-refractivity contribution >= 4 is 23.9 Å². The van der Waals surface area contributed by atoms with Crippen molar-refractivity contribution in [2.45, 2.75) is 6.92 Å². The van der Waals surface area contributed by atoms with Crippen LogP contribution in [0, 0.1) is 0 Å². The first kappa shape index (κ1) is 15.6. The highest BCUT2D eigenvalue weighted by Crippen LogP contribution is 2.18. The van der Waals surface area contributed by atoms with Crippen molar-refractivity contribution in [2.75, 3.05) is 25.0 Å². The van der Waals surface area contributed by atoms with E-state index in [4.69, 9.17) is 0 Å². The Labute approximate surface area is 117 Å². The van der Waals surface area contributed by atoms with E-state index in [0.717, 1.165) is 11.0 Å². The minimum absolute atomic E-state index is 0.162. The lowest BCUT2D eigenvalue weighted by atomic mass is 10.2. The molecule has 0 N–H and O–H groups in total. The van der Waals surface area contributed by atoms with Crippen LogP contribution in [0.15, 0.2) is 31.0 Å². The van der Waals surface area contributed by atoms with Crippen LogP contribution in [0.2, 0.25) is 0 Å². The SMILES string of the molecule is C=CC(=O)N(CC=O)c1ncccc1C(=O)N(C)CC. The Kier molecular flexibility index (Phi) is 5.58. The van der Waals surface area contributed by atoms with Crippen molar-refractivity contribution in [1.82, 2.24) is 9.88 Å². The monoisotopic (exact) mass is 275 g/mol. The molecule has 6 nitrogen and oxygen atoms in total. The molecule has 0 unspecified atom stereocenters. The zero-order valence-electron chi connectivity index (χ0n) is 11.6. The molecule has 0 saturated heterocycles. The summed E-state index contributed by atoms with van der Waals surface area (Å²) in [5, 5.41) is 0. The molecule has 1 rings (SSSR count). The number of carbonyl (C=O) groups is 3. The van der Waals surface area contributed by atoms with Crippen LogP contribution in [0.1, 0.15) is 17.3 Å². The third kappa shape index (κ3) is 3.28. The minimum Gasteiger partial charge on any atom is -0.342 e. The summed E-state index contributed by atoms with van der Waals surface area (Å²) in [6, 6.07) is 3.18. The van der Waals surface area contributed by atoms with E-state index >= 15 is 0 Å². The van der Waals surface area contributed by atoms with Crippen LogP contribution in [0.3, 0.4) is 0 Å². The van der Waals surface area contributed by atoms with Crippen molar-refractivity contribution < 1.29 is 14.4 Å². The molecule has 0 aliphatic carbocycles. The summed E-state index contributed by atoms with van der Waals surface area (Å²) in [4.78, 5) is 41.5. The first-order valence-electron chi connectivity index (χ1n) is 6.14. The van der Waals surface area contributed by atoms with Gasteiger partial charge in [0.1, 0.15) is 12.1 Å². The molecule has 0 bridgehead atoms. The quantitative estimate of drug-likeness (QED) is 0.571. The van der Waals surface area contributed by atoms with Gasteiger partial charge in [0.05, 0.1) is 12.1 Å². The average molecular weight is 275 g/mol. The van der Waals surface area contributed by atoms with Gasteiger partial charge < -0.3 is 9.69 Å². The van der Waals surface area contributed by atoms with Gasteiger partial charge in [0.15, 0.2) is 0 Å². The molecule has 0 saturated carbocycles. The van der Waals surface area contributed by atoms with Crippen LogP contribution in [-0.4, -0.2) is 48.1 Å². The van der Waals surface area contributed by atoms with E-state index in [1.54, 1.807) is 19.2 Å². The second-order valence-corrected chi connectivity index (χ2v) is 4.01. The van der Waals surface area contributed by atoms with Crippen molar-refractivity contribution in [3.05, 3.63) is 36.5 Å². The van der Waals surface area contributed by atoms with Crippen LogP contribution >= 0.6 is 0 Å². The summed E-state index contributed by atoms with van der Waals surface area (Å²) in [7, 11) is 1.65. The molecule has 0 radical (unpaired) electrons. The molecule has 0 aliphatic heterocycles.